The van der Waals surface area contributed by atoms with Gasteiger partial charge in [-0.25, -0.2) is 0 Å². The van der Waals surface area contributed by atoms with Crippen LogP contribution in [-0.2, 0) is 9.59 Å². The highest BCUT2D eigenvalue weighted by Gasteiger charge is 2.18. The molecule has 2 N–H and O–H groups in total. The van der Waals surface area contributed by atoms with Gasteiger partial charge in [0.15, 0.2) is 0 Å². The standard InChI is InChI=1S/C13H27N3O2S/c1-9(2)16(10(3)4)7-6-14-13(18)12(8-19)15-11(5)17/h9-10,12,19H,6-8H2,1-5H3,(H,14,18)(H,15,17). The Hall–Kier alpha value is -0.750. The number of rotatable bonds is 8. The van der Waals surface area contributed by atoms with Crippen molar-refractivity contribution in [3.05, 3.63) is 0 Å². The van der Waals surface area contributed by atoms with Crippen LogP contribution >= 0.6 is 12.6 Å². The number of hydrogen-bond donors (Lipinski definition) is 3. The first kappa shape index (κ1) is 18.2. The van der Waals surface area contributed by atoms with Crippen LogP contribution in [0.3, 0.4) is 0 Å². The fourth-order valence-corrected chi connectivity index (χ4v) is 2.24. The molecule has 0 aliphatic rings. The summed E-state index contributed by atoms with van der Waals surface area (Å²) in [6.07, 6.45) is 0. The first-order chi connectivity index (χ1) is 8.79. The lowest BCUT2D eigenvalue weighted by Gasteiger charge is -2.30. The fraction of sp³-hybridized carbons (Fsp3) is 0.846. The van der Waals surface area contributed by atoms with Gasteiger partial charge < -0.3 is 10.6 Å². The van der Waals surface area contributed by atoms with Crippen LogP contribution in [0.1, 0.15) is 34.6 Å². The molecule has 0 saturated carbocycles. The predicted molar refractivity (Wildman–Crippen MR) is 81.4 cm³/mol. The van der Waals surface area contributed by atoms with Crippen LogP contribution in [0, 0.1) is 0 Å². The molecule has 0 bridgehead atoms. The van der Waals surface area contributed by atoms with Crippen molar-refractivity contribution in [1.29, 1.82) is 0 Å². The minimum absolute atomic E-state index is 0.183. The summed E-state index contributed by atoms with van der Waals surface area (Å²) in [6, 6.07) is 0.313. The molecule has 2 amide bonds. The fourth-order valence-electron chi connectivity index (χ4n) is 1.98. The Morgan fingerprint density at radius 3 is 2.05 bits per heavy atom. The molecule has 0 aromatic carbocycles. The topological polar surface area (TPSA) is 61.4 Å². The summed E-state index contributed by atoms with van der Waals surface area (Å²) in [5, 5.41) is 5.41. The summed E-state index contributed by atoms with van der Waals surface area (Å²) in [5.74, 6) is -0.110. The van der Waals surface area contributed by atoms with Crippen molar-refractivity contribution < 1.29 is 9.59 Å². The highest BCUT2D eigenvalue weighted by Crippen LogP contribution is 2.03. The molecule has 19 heavy (non-hydrogen) atoms. The number of nitrogens with zero attached hydrogens (tertiary/aromatic N) is 1. The van der Waals surface area contributed by atoms with Crippen LogP contribution in [0.2, 0.25) is 0 Å². The average molecular weight is 289 g/mol. The molecule has 0 heterocycles. The van der Waals surface area contributed by atoms with Crippen LogP contribution in [0.5, 0.6) is 0 Å². The van der Waals surface area contributed by atoms with E-state index in [4.69, 9.17) is 0 Å². The molecule has 0 fully saturated rings. The number of amides is 2. The minimum Gasteiger partial charge on any atom is -0.353 e. The van der Waals surface area contributed by atoms with Gasteiger partial charge in [0.2, 0.25) is 11.8 Å². The summed E-state index contributed by atoms with van der Waals surface area (Å²) in [5.41, 5.74) is 0. The molecule has 1 unspecified atom stereocenters. The molecule has 0 radical (unpaired) electrons. The summed E-state index contributed by atoms with van der Waals surface area (Å²) >= 11 is 4.07. The van der Waals surface area contributed by atoms with Gasteiger partial charge in [0, 0.05) is 37.8 Å². The van der Waals surface area contributed by atoms with E-state index >= 15 is 0 Å². The second-order valence-electron chi connectivity index (χ2n) is 5.15. The van der Waals surface area contributed by atoms with Crippen molar-refractivity contribution in [1.82, 2.24) is 15.5 Å². The summed E-state index contributed by atoms with van der Waals surface area (Å²) < 4.78 is 0. The van der Waals surface area contributed by atoms with Gasteiger partial charge in [-0.3, -0.25) is 14.5 Å². The van der Waals surface area contributed by atoms with Crippen molar-refractivity contribution >= 4 is 24.4 Å². The van der Waals surface area contributed by atoms with Crippen LogP contribution in [0.25, 0.3) is 0 Å². The van der Waals surface area contributed by atoms with Gasteiger partial charge in [0.1, 0.15) is 6.04 Å². The zero-order valence-corrected chi connectivity index (χ0v) is 13.5. The van der Waals surface area contributed by atoms with Gasteiger partial charge >= 0.3 is 0 Å². The smallest absolute Gasteiger partial charge is 0.243 e. The third kappa shape index (κ3) is 7.42. The van der Waals surface area contributed by atoms with Crippen LogP contribution in [0.4, 0.5) is 0 Å². The molecule has 0 aliphatic heterocycles. The second kappa shape index (κ2) is 9.20. The maximum Gasteiger partial charge on any atom is 0.243 e. The number of thiol groups is 1. The largest absolute Gasteiger partial charge is 0.353 e. The van der Waals surface area contributed by atoms with E-state index in [0.29, 0.717) is 24.4 Å². The Balaban J connectivity index is 4.17. The van der Waals surface area contributed by atoms with E-state index in [0.717, 1.165) is 6.54 Å². The van der Waals surface area contributed by atoms with Crippen molar-refractivity contribution in [3.63, 3.8) is 0 Å². The van der Waals surface area contributed by atoms with Gasteiger partial charge in [-0.05, 0) is 27.7 Å². The molecule has 0 saturated heterocycles. The predicted octanol–water partition coefficient (Wildman–Crippen LogP) is 0.656. The lowest BCUT2D eigenvalue weighted by Crippen LogP contribution is -2.49. The van der Waals surface area contributed by atoms with Gasteiger partial charge in [0.05, 0.1) is 0 Å². The summed E-state index contributed by atoms with van der Waals surface area (Å²) in [4.78, 5) is 25.1. The molecule has 112 valence electrons. The van der Waals surface area contributed by atoms with Crippen molar-refractivity contribution in [2.24, 2.45) is 0 Å². The third-order valence-corrected chi connectivity index (χ3v) is 3.24. The molecule has 0 aromatic rings. The van der Waals surface area contributed by atoms with Gasteiger partial charge in [-0.1, -0.05) is 0 Å². The number of carbonyl (C=O) groups is 2. The lowest BCUT2D eigenvalue weighted by molar-refractivity contribution is -0.127. The van der Waals surface area contributed by atoms with Gasteiger partial charge in [0.25, 0.3) is 0 Å². The molecular formula is C13H27N3O2S. The quantitative estimate of drug-likeness (QED) is 0.575. The molecule has 0 aromatic heterocycles. The normalized spacial score (nSPS) is 12.9. The molecule has 0 spiro atoms. The zero-order chi connectivity index (χ0) is 15.0. The second-order valence-corrected chi connectivity index (χ2v) is 5.52. The third-order valence-electron chi connectivity index (χ3n) is 2.87. The number of hydrogen-bond acceptors (Lipinski definition) is 4. The summed E-state index contributed by atoms with van der Waals surface area (Å²) in [6.45, 7) is 11.3. The molecule has 0 rings (SSSR count). The van der Waals surface area contributed by atoms with E-state index in [9.17, 15) is 9.59 Å². The average Bonchev–Trinajstić information content (AvgIpc) is 2.29. The molecule has 1 atom stereocenters. The van der Waals surface area contributed by atoms with Crippen molar-refractivity contribution in [2.45, 2.75) is 52.7 Å². The summed E-state index contributed by atoms with van der Waals surface area (Å²) in [7, 11) is 0. The van der Waals surface area contributed by atoms with Gasteiger partial charge in [-0.15, -0.1) is 0 Å². The highest BCUT2D eigenvalue weighted by molar-refractivity contribution is 7.80. The molecule has 6 heteroatoms. The minimum atomic E-state index is -0.563. The van der Waals surface area contributed by atoms with E-state index in [1.807, 2.05) is 0 Å². The Kier molecular flexibility index (Phi) is 8.84. The first-order valence-corrected chi connectivity index (χ1v) is 7.34. The van der Waals surface area contributed by atoms with E-state index in [-0.39, 0.29) is 11.8 Å². The molecule has 5 nitrogen and oxygen atoms in total. The molecule has 0 aliphatic carbocycles. The maximum atomic E-state index is 11.8. The van der Waals surface area contributed by atoms with Crippen LogP contribution in [-0.4, -0.2) is 53.7 Å². The van der Waals surface area contributed by atoms with Crippen molar-refractivity contribution in [2.75, 3.05) is 18.8 Å². The lowest BCUT2D eigenvalue weighted by atomic mass is 10.2. The van der Waals surface area contributed by atoms with E-state index in [2.05, 4.69) is 55.9 Å². The van der Waals surface area contributed by atoms with Crippen molar-refractivity contribution in [3.8, 4) is 0 Å². The Morgan fingerprint density at radius 2 is 1.68 bits per heavy atom. The van der Waals surface area contributed by atoms with Gasteiger partial charge in [-0.2, -0.15) is 12.6 Å². The number of nitrogens with one attached hydrogen (secondary N) is 2. The Bertz CT molecular complexity index is 288. The monoisotopic (exact) mass is 289 g/mol. The van der Waals surface area contributed by atoms with Crippen LogP contribution < -0.4 is 10.6 Å². The maximum absolute atomic E-state index is 11.8. The van der Waals surface area contributed by atoms with E-state index < -0.39 is 6.04 Å². The zero-order valence-electron chi connectivity index (χ0n) is 12.6. The SMILES string of the molecule is CC(=O)NC(CS)C(=O)NCCN(C(C)C)C(C)C. The van der Waals surface area contributed by atoms with E-state index in [1.165, 1.54) is 6.92 Å². The number of carbonyl (C=O) groups excluding carboxylic acids is 2. The first-order valence-electron chi connectivity index (χ1n) is 6.71. The Labute approximate surface area is 121 Å². The highest BCUT2D eigenvalue weighted by atomic mass is 32.1. The Morgan fingerprint density at radius 1 is 1.16 bits per heavy atom. The molecular weight excluding hydrogens is 262 g/mol. The van der Waals surface area contributed by atoms with Crippen LogP contribution in [0.15, 0.2) is 0 Å². The van der Waals surface area contributed by atoms with E-state index in [1.54, 1.807) is 0 Å².